The molecule has 2 aromatic heterocycles. The number of anilines is 1. The number of rotatable bonds is 9. The molecule has 6 rings (SSSR count). The minimum Gasteiger partial charge on any atom is -0.493 e. The molecule has 2 saturated carbocycles. The van der Waals surface area contributed by atoms with E-state index in [0.717, 1.165) is 46.4 Å². The summed E-state index contributed by atoms with van der Waals surface area (Å²) < 4.78 is 10.7. The van der Waals surface area contributed by atoms with Crippen molar-refractivity contribution in [2.45, 2.75) is 44.3 Å². The fraction of sp³-hybridized carbons (Fsp3) is 0.310. The largest absolute Gasteiger partial charge is 0.493 e. The Morgan fingerprint density at radius 1 is 0.919 bits per heavy atom. The lowest BCUT2D eigenvalue weighted by Gasteiger charge is -2.23. The maximum atomic E-state index is 13.5. The quantitative estimate of drug-likeness (QED) is 0.346. The van der Waals surface area contributed by atoms with Crippen molar-refractivity contribution in [3.63, 3.8) is 0 Å². The highest BCUT2D eigenvalue weighted by Gasteiger charge is 2.33. The van der Waals surface area contributed by atoms with Gasteiger partial charge >= 0.3 is 0 Å². The number of nitrogens with one attached hydrogen (secondary N) is 1. The monoisotopic (exact) mass is 495 g/mol. The maximum absolute atomic E-state index is 13.5. The van der Waals surface area contributed by atoms with E-state index < -0.39 is 0 Å². The molecule has 8 heteroatoms. The summed E-state index contributed by atoms with van der Waals surface area (Å²) in [5.41, 5.74) is 4.44. The molecule has 2 heterocycles. The molecule has 2 aliphatic carbocycles. The molecular formula is C29H29N5O3. The van der Waals surface area contributed by atoms with Crippen LogP contribution in [0.15, 0.2) is 61.1 Å². The zero-order valence-corrected chi connectivity index (χ0v) is 21.0. The van der Waals surface area contributed by atoms with Crippen molar-refractivity contribution in [3.05, 3.63) is 72.3 Å². The van der Waals surface area contributed by atoms with Gasteiger partial charge in [0.05, 0.1) is 32.0 Å². The van der Waals surface area contributed by atoms with Crippen LogP contribution in [0.25, 0.3) is 22.0 Å². The van der Waals surface area contributed by atoms with Gasteiger partial charge in [0, 0.05) is 29.2 Å². The summed E-state index contributed by atoms with van der Waals surface area (Å²) in [5, 5.41) is 4.52. The molecule has 2 aromatic carbocycles. The number of nitrogens with zero attached hydrogens (tertiary/aromatic N) is 4. The van der Waals surface area contributed by atoms with Crippen LogP contribution in [0.5, 0.6) is 11.5 Å². The number of carbonyl (C=O) groups excluding carboxylic acids is 1. The molecule has 0 radical (unpaired) electrons. The Morgan fingerprint density at radius 3 is 2.49 bits per heavy atom. The third-order valence-electron chi connectivity index (χ3n) is 6.91. The Bertz CT molecular complexity index is 1470. The van der Waals surface area contributed by atoms with Gasteiger partial charge in [-0.1, -0.05) is 6.07 Å². The molecule has 2 fully saturated rings. The molecule has 0 unspecified atom stereocenters. The van der Waals surface area contributed by atoms with E-state index in [2.05, 4.69) is 38.5 Å². The summed E-state index contributed by atoms with van der Waals surface area (Å²) in [7, 11) is 3.16. The van der Waals surface area contributed by atoms with Crippen LogP contribution in [0.2, 0.25) is 0 Å². The van der Waals surface area contributed by atoms with E-state index in [1.165, 1.54) is 12.8 Å². The number of carbonyl (C=O) groups is 1. The third-order valence-corrected chi connectivity index (χ3v) is 6.91. The normalized spacial score (nSPS) is 14.9. The van der Waals surface area contributed by atoms with Crippen molar-refractivity contribution in [3.8, 4) is 22.6 Å². The number of fused-ring (bicyclic) bond motifs is 1. The SMILES string of the molecule is COc1ccc(C(=O)N(Cc2cc(-c3ccc4ncnc(NC5CC5)c4c3)ccn2)C2CC2)cc1OC. The van der Waals surface area contributed by atoms with Crippen LogP contribution in [0.1, 0.15) is 41.7 Å². The second kappa shape index (κ2) is 9.69. The lowest BCUT2D eigenvalue weighted by atomic mass is 10.0. The predicted molar refractivity (Wildman–Crippen MR) is 142 cm³/mol. The van der Waals surface area contributed by atoms with Crippen molar-refractivity contribution >= 4 is 22.6 Å². The Labute approximate surface area is 215 Å². The van der Waals surface area contributed by atoms with E-state index >= 15 is 0 Å². The minimum atomic E-state index is -0.0331. The lowest BCUT2D eigenvalue weighted by Crippen LogP contribution is -2.33. The number of hydrogen-bond donors (Lipinski definition) is 1. The molecular weight excluding hydrogens is 466 g/mol. The zero-order valence-electron chi connectivity index (χ0n) is 21.0. The zero-order chi connectivity index (χ0) is 25.4. The van der Waals surface area contributed by atoms with Gasteiger partial charge in [0.2, 0.25) is 0 Å². The van der Waals surface area contributed by atoms with Crippen LogP contribution in [-0.2, 0) is 6.54 Å². The first-order chi connectivity index (χ1) is 18.1. The Morgan fingerprint density at radius 2 is 1.73 bits per heavy atom. The molecule has 0 saturated heterocycles. The topological polar surface area (TPSA) is 89.5 Å². The summed E-state index contributed by atoms with van der Waals surface area (Å²) in [5.74, 6) is 1.99. The van der Waals surface area contributed by atoms with Crippen LogP contribution in [0.4, 0.5) is 5.82 Å². The molecule has 2 aliphatic rings. The lowest BCUT2D eigenvalue weighted by molar-refractivity contribution is 0.0727. The van der Waals surface area contributed by atoms with Crippen LogP contribution in [-0.4, -0.2) is 52.1 Å². The van der Waals surface area contributed by atoms with Gasteiger partial charge in [-0.15, -0.1) is 0 Å². The molecule has 1 N–H and O–H groups in total. The highest BCUT2D eigenvalue weighted by atomic mass is 16.5. The molecule has 188 valence electrons. The first-order valence-corrected chi connectivity index (χ1v) is 12.6. The molecule has 4 aromatic rings. The van der Waals surface area contributed by atoms with Crippen molar-refractivity contribution in [2.75, 3.05) is 19.5 Å². The van der Waals surface area contributed by atoms with E-state index in [-0.39, 0.29) is 11.9 Å². The van der Waals surface area contributed by atoms with Gasteiger partial charge in [-0.25, -0.2) is 9.97 Å². The Balaban J connectivity index is 1.27. The van der Waals surface area contributed by atoms with Crippen LogP contribution in [0.3, 0.4) is 0 Å². The van der Waals surface area contributed by atoms with Gasteiger partial charge in [-0.2, -0.15) is 0 Å². The predicted octanol–water partition coefficient (Wildman–Crippen LogP) is 5.09. The first kappa shape index (κ1) is 23.2. The number of aromatic nitrogens is 3. The Kier molecular flexibility index (Phi) is 6.08. The highest BCUT2D eigenvalue weighted by molar-refractivity contribution is 5.95. The second-order valence-electron chi connectivity index (χ2n) is 9.64. The van der Waals surface area contributed by atoms with E-state index in [1.54, 1.807) is 38.7 Å². The summed E-state index contributed by atoms with van der Waals surface area (Å²) in [6.45, 7) is 0.441. The summed E-state index contributed by atoms with van der Waals surface area (Å²) >= 11 is 0. The van der Waals surface area contributed by atoms with E-state index in [9.17, 15) is 4.79 Å². The molecule has 8 nitrogen and oxygen atoms in total. The Hall–Kier alpha value is -4.20. The number of benzene rings is 2. The van der Waals surface area contributed by atoms with Gasteiger partial charge in [0.1, 0.15) is 12.1 Å². The summed E-state index contributed by atoms with van der Waals surface area (Å²) in [6.07, 6.45) is 7.78. The molecule has 37 heavy (non-hydrogen) atoms. The number of amides is 1. The number of ether oxygens (including phenoxy) is 2. The van der Waals surface area contributed by atoms with E-state index in [4.69, 9.17) is 9.47 Å². The van der Waals surface area contributed by atoms with Gasteiger partial charge in [0.15, 0.2) is 11.5 Å². The minimum absolute atomic E-state index is 0.0331. The average molecular weight is 496 g/mol. The van der Waals surface area contributed by atoms with Crippen molar-refractivity contribution in [1.82, 2.24) is 19.9 Å². The van der Waals surface area contributed by atoms with Crippen molar-refractivity contribution in [1.29, 1.82) is 0 Å². The van der Waals surface area contributed by atoms with Crippen LogP contribution in [0, 0.1) is 0 Å². The van der Waals surface area contributed by atoms with E-state index in [1.807, 2.05) is 23.2 Å². The maximum Gasteiger partial charge on any atom is 0.254 e. The molecule has 0 atom stereocenters. The molecule has 0 bridgehead atoms. The highest BCUT2D eigenvalue weighted by Crippen LogP contribution is 2.34. The van der Waals surface area contributed by atoms with Gasteiger partial charge < -0.3 is 19.7 Å². The van der Waals surface area contributed by atoms with Gasteiger partial charge in [0.25, 0.3) is 5.91 Å². The summed E-state index contributed by atoms with van der Waals surface area (Å²) in [6, 6.07) is 16.3. The number of hydrogen-bond acceptors (Lipinski definition) is 7. The van der Waals surface area contributed by atoms with Gasteiger partial charge in [-0.3, -0.25) is 9.78 Å². The smallest absolute Gasteiger partial charge is 0.254 e. The molecule has 1 amide bonds. The fourth-order valence-electron chi connectivity index (χ4n) is 4.58. The average Bonchev–Trinajstić information content (AvgIpc) is 3.87. The molecule has 0 spiro atoms. The fourth-order valence-corrected chi connectivity index (χ4v) is 4.58. The van der Waals surface area contributed by atoms with Crippen molar-refractivity contribution in [2.24, 2.45) is 0 Å². The molecule has 0 aliphatic heterocycles. The second-order valence-corrected chi connectivity index (χ2v) is 9.64. The van der Waals surface area contributed by atoms with Gasteiger partial charge in [-0.05, 0) is 79.3 Å². The summed E-state index contributed by atoms with van der Waals surface area (Å²) in [4.78, 5) is 28.9. The van der Waals surface area contributed by atoms with Crippen LogP contribution < -0.4 is 14.8 Å². The van der Waals surface area contributed by atoms with E-state index in [0.29, 0.717) is 29.6 Å². The van der Waals surface area contributed by atoms with Crippen LogP contribution >= 0.6 is 0 Å². The van der Waals surface area contributed by atoms with Crippen molar-refractivity contribution < 1.29 is 14.3 Å². The first-order valence-electron chi connectivity index (χ1n) is 12.6. The number of methoxy groups -OCH3 is 2. The standard InChI is InChI=1S/C29H29N5O3/c1-36-26-10-4-20(15-27(26)37-2)29(35)34(23-7-8-23)16-22-13-19(11-12-30-22)18-3-9-25-24(14-18)28(32-17-31-25)33-21-5-6-21/h3-4,9-15,17,21,23H,5-8,16H2,1-2H3,(H,31,32,33). The third kappa shape index (κ3) is 4.91. The number of pyridine rings is 1.